The van der Waals surface area contributed by atoms with Gasteiger partial charge in [-0.1, -0.05) is 37.6 Å². The van der Waals surface area contributed by atoms with Crippen molar-refractivity contribution in [3.8, 4) is 17.6 Å². The molecule has 3 aliphatic rings. The Balaban J connectivity index is 1.38. The highest BCUT2D eigenvalue weighted by Gasteiger charge is 2.67. The molecular formula is C26H30Cl2N2O4S. The van der Waals surface area contributed by atoms with E-state index in [0.29, 0.717) is 35.4 Å². The molecule has 0 spiro atoms. The molecule has 35 heavy (non-hydrogen) atoms. The normalized spacial score (nSPS) is 23.1. The third-order valence-electron chi connectivity index (χ3n) is 7.29. The maximum absolute atomic E-state index is 11.3. The number of hydrogen-bond donors (Lipinski definition) is 1. The van der Waals surface area contributed by atoms with Gasteiger partial charge in [0.05, 0.1) is 29.3 Å². The number of ether oxygens (including phenoxy) is 2. The molecule has 2 aromatic rings. The predicted molar refractivity (Wildman–Crippen MR) is 138 cm³/mol. The molecule has 6 nitrogen and oxygen atoms in total. The molecule has 1 N–H and O–H groups in total. The monoisotopic (exact) mass is 536 g/mol. The van der Waals surface area contributed by atoms with Crippen LogP contribution in [0.3, 0.4) is 0 Å². The van der Waals surface area contributed by atoms with Crippen molar-refractivity contribution in [3.63, 3.8) is 0 Å². The molecule has 3 fully saturated rings. The van der Waals surface area contributed by atoms with Crippen molar-refractivity contribution < 1.29 is 17.9 Å². The van der Waals surface area contributed by atoms with E-state index < -0.39 is 15.4 Å². The molecule has 3 saturated carbocycles. The quantitative estimate of drug-likeness (QED) is 0.396. The van der Waals surface area contributed by atoms with Crippen molar-refractivity contribution in [2.24, 2.45) is 10.8 Å². The summed E-state index contributed by atoms with van der Waals surface area (Å²) in [5, 5.41) is 9.99. The number of nitrogens with zero attached hydrogens (tertiary/aromatic N) is 1. The molecule has 0 atom stereocenters. The summed E-state index contributed by atoms with van der Waals surface area (Å²) >= 11 is 12.2. The van der Waals surface area contributed by atoms with Gasteiger partial charge in [0.2, 0.25) is 10.0 Å². The van der Waals surface area contributed by atoms with Gasteiger partial charge in [-0.25, -0.2) is 13.1 Å². The minimum Gasteiger partial charge on any atom is -0.493 e. The van der Waals surface area contributed by atoms with Gasteiger partial charge in [-0.3, -0.25) is 0 Å². The van der Waals surface area contributed by atoms with E-state index in [4.69, 9.17) is 32.7 Å². The predicted octanol–water partition coefficient (Wildman–Crippen LogP) is 5.25. The first-order chi connectivity index (χ1) is 16.4. The van der Waals surface area contributed by atoms with E-state index in [1.807, 2.05) is 36.4 Å². The van der Waals surface area contributed by atoms with E-state index in [1.165, 1.54) is 6.26 Å². The highest BCUT2D eigenvalue weighted by Crippen LogP contribution is 2.73. The minimum atomic E-state index is -3.15. The number of halogens is 2. The lowest BCUT2D eigenvalue weighted by Crippen LogP contribution is -2.67. The molecule has 3 aliphatic carbocycles. The Bertz CT molecular complexity index is 1230. The average molecular weight is 538 g/mol. The zero-order chi connectivity index (χ0) is 25.5. The lowest BCUT2D eigenvalue weighted by atomic mass is 9.35. The van der Waals surface area contributed by atoms with Crippen LogP contribution in [0, 0.1) is 22.2 Å². The van der Waals surface area contributed by atoms with Crippen molar-refractivity contribution in [1.82, 2.24) is 4.72 Å². The maximum Gasteiger partial charge on any atom is 0.208 e. The standard InChI is InChI=1S/C26H30Cl2N2O4S/c1-24(2,20-10-18(12-29)23(22(28)11-20)33-9-8-27)19-4-6-21(7-5-19)34-17-26-13-25(14-26,15-26)16-30-35(3,31)32/h4-7,10-11,30H,8-9,13-17H2,1-3H3. The van der Waals surface area contributed by atoms with Gasteiger partial charge in [-0.2, -0.15) is 5.26 Å². The van der Waals surface area contributed by atoms with Crippen LogP contribution in [0.1, 0.15) is 49.8 Å². The number of nitrogens with one attached hydrogen (secondary N) is 1. The zero-order valence-corrected chi connectivity index (χ0v) is 22.5. The Morgan fingerprint density at radius 3 is 2.31 bits per heavy atom. The topological polar surface area (TPSA) is 88.4 Å². The summed E-state index contributed by atoms with van der Waals surface area (Å²) in [4.78, 5) is 0. The fraction of sp³-hybridized carbons (Fsp3) is 0.500. The molecular weight excluding hydrogens is 507 g/mol. The molecule has 5 rings (SSSR count). The van der Waals surface area contributed by atoms with Crippen LogP contribution in [-0.2, 0) is 15.4 Å². The lowest BCUT2D eigenvalue weighted by Gasteiger charge is -2.70. The first kappa shape index (κ1) is 26.1. The van der Waals surface area contributed by atoms with Gasteiger partial charge in [0.15, 0.2) is 5.75 Å². The van der Waals surface area contributed by atoms with Crippen molar-refractivity contribution >= 4 is 33.2 Å². The second-order valence-corrected chi connectivity index (χ2v) is 13.2. The van der Waals surface area contributed by atoms with Crippen LogP contribution in [0.4, 0.5) is 0 Å². The minimum absolute atomic E-state index is 0.119. The smallest absolute Gasteiger partial charge is 0.208 e. The van der Waals surface area contributed by atoms with E-state index >= 15 is 0 Å². The molecule has 9 heteroatoms. The zero-order valence-electron chi connectivity index (χ0n) is 20.2. The molecule has 2 aromatic carbocycles. The molecule has 2 bridgehead atoms. The second-order valence-electron chi connectivity index (χ2n) is 10.5. The third kappa shape index (κ3) is 5.41. The molecule has 188 valence electrons. The third-order valence-corrected chi connectivity index (χ3v) is 8.39. The first-order valence-electron chi connectivity index (χ1n) is 11.5. The van der Waals surface area contributed by atoms with Gasteiger partial charge in [0, 0.05) is 17.4 Å². The molecule has 0 radical (unpaired) electrons. The van der Waals surface area contributed by atoms with Crippen molar-refractivity contribution in [3.05, 3.63) is 58.1 Å². The first-order valence-corrected chi connectivity index (χ1v) is 14.3. The number of sulfonamides is 1. The summed E-state index contributed by atoms with van der Waals surface area (Å²) in [6, 6.07) is 13.8. The SMILES string of the molecule is CC(C)(c1ccc(OCC23CC(CNS(C)(=O)=O)(C2)C3)cc1)c1cc(Cl)c(OCCCl)c(C#N)c1. The van der Waals surface area contributed by atoms with Crippen LogP contribution in [0.5, 0.6) is 11.5 Å². The summed E-state index contributed by atoms with van der Waals surface area (Å²) in [6.45, 7) is 5.61. The van der Waals surface area contributed by atoms with Crippen molar-refractivity contribution in [2.75, 3.05) is 31.9 Å². The van der Waals surface area contributed by atoms with Crippen LogP contribution in [0.25, 0.3) is 0 Å². The highest BCUT2D eigenvalue weighted by molar-refractivity contribution is 7.88. The number of hydrogen-bond acceptors (Lipinski definition) is 5. The van der Waals surface area contributed by atoms with Crippen molar-refractivity contribution in [2.45, 2.75) is 38.5 Å². The Morgan fingerprint density at radius 1 is 1.09 bits per heavy atom. The molecule has 0 aliphatic heterocycles. The van der Waals surface area contributed by atoms with Gasteiger partial charge >= 0.3 is 0 Å². The lowest BCUT2D eigenvalue weighted by molar-refractivity contribution is -0.213. The van der Waals surface area contributed by atoms with E-state index in [0.717, 1.165) is 36.1 Å². The Morgan fingerprint density at radius 2 is 1.74 bits per heavy atom. The van der Waals surface area contributed by atoms with Gasteiger partial charge in [0.1, 0.15) is 18.4 Å². The summed E-state index contributed by atoms with van der Waals surface area (Å²) in [5.41, 5.74) is 2.26. The van der Waals surface area contributed by atoms with Crippen LogP contribution >= 0.6 is 23.2 Å². The Labute approximate surface area is 217 Å². The van der Waals surface area contributed by atoms with Crippen LogP contribution in [-0.4, -0.2) is 40.3 Å². The Hall–Kier alpha value is -1.98. The average Bonchev–Trinajstić information content (AvgIpc) is 2.75. The number of rotatable bonds is 11. The number of alkyl halides is 1. The summed E-state index contributed by atoms with van der Waals surface area (Å²) in [5.74, 6) is 1.48. The van der Waals surface area contributed by atoms with Gasteiger partial charge in [0.25, 0.3) is 0 Å². The molecule has 0 saturated heterocycles. The maximum atomic E-state index is 11.3. The largest absolute Gasteiger partial charge is 0.493 e. The fourth-order valence-corrected chi connectivity index (χ4v) is 6.47. The van der Waals surface area contributed by atoms with Gasteiger partial charge in [-0.15, -0.1) is 11.6 Å². The fourth-order valence-electron chi connectivity index (χ4n) is 5.55. The van der Waals surface area contributed by atoms with E-state index in [-0.39, 0.29) is 17.4 Å². The Kier molecular flexibility index (Phi) is 7.07. The van der Waals surface area contributed by atoms with E-state index in [1.54, 1.807) is 0 Å². The van der Waals surface area contributed by atoms with Gasteiger partial charge < -0.3 is 9.47 Å². The van der Waals surface area contributed by atoms with E-state index in [9.17, 15) is 13.7 Å². The van der Waals surface area contributed by atoms with Gasteiger partial charge in [-0.05, 0) is 60.1 Å². The highest BCUT2D eigenvalue weighted by atomic mass is 35.5. The summed E-state index contributed by atoms with van der Waals surface area (Å²) < 4.78 is 37.0. The number of benzene rings is 2. The number of nitriles is 1. The summed E-state index contributed by atoms with van der Waals surface area (Å²) in [6.07, 6.45) is 4.20. The van der Waals surface area contributed by atoms with Crippen molar-refractivity contribution in [1.29, 1.82) is 5.26 Å². The van der Waals surface area contributed by atoms with Crippen LogP contribution in [0.2, 0.25) is 5.02 Å². The van der Waals surface area contributed by atoms with E-state index in [2.05, 4.69) is 24.6 Å². The molecule has 0 unspecified atom stereocenters. The molecule has 0 heterocycles. The van der Waals surface area contributed by atoms with Crippen LogP contribution < -0.4 is 14.2 Å². The van der Waals surface area contributed by atoms with Crippen LogP contribution in [0.15, 0.2) is 36.4 Å². The summed E-state index contributed by atoms with van der Waals surface area (Å²) in [7, 11) is -3.15. The second kappa shape index (κ2) is 9.48. The molecule has 0 aromatic heterocycles. The molecule has 0 amide bonds.